The number of rotatable bonds is 7. The van der Waals surface area contributed by atoms with Gasteiger partial charge in [0.2, 0.25) is 0 Å². The molecule has 1 heterocycles. The van der Waals surface area contributed by atoms with Crippen LogP contribution >= 0.6 is 0 Å². The lowest BCUT2D eigenvalue weighted by molar-refractivity contribution is -0.144. The monoisotopic (exact) mass is 444 g/mol. The second-order valence-electron chi connectivity index (χ2n) is 7.50. The van der Waals surface area contributed by atoms with Crippen LogP contribution in [-0.4, -0.2) is 26.2 Å². The molecule has 6 nitrogen and oxygen atoms in total. The second kappa shape index (κ2) is 10.0. The highest BCUT2D eigenvalue weighted by atomic mass is 16.5. The van der Waals surface area contributed by atoms with E-state index >= 15 is 0 Å². The van der Waals surface area contributed by atoms with Crippen LogP contribution in [0.4, 0.5) is 0 Å². The topological polar surface area (TPSA) is 71.1 Å². The van der Waals surface area contributed by atoms with Crippen LogP contribution in [0, 0.1) is 0 Å². The summed E-state index contributed by atoms with van der Waals surface area (Å²) in [6.07, 6.45) is 2.37. The Hall–Kier alpha value is -4.06. The zero-order chi connectivity index (χ0) is 23.2. The summed E-state index contributed by atoms with van der Waals surface area (Å²) in [4.78, 5) is 24.4. The first kappa shape index (κ1) is 22.1. The summed E-state index contributed by atoms with van der Waals surface area (Å²) in [7, 11) is 2.66. The molecule has 0 aliphatic carbocycles. The number of fused-ring (bicyclic) bond motifs is 1. The quantitative estimate of drug-likeness (QED) is 0.384. The molecule has 6 heteroatoms. The summed E-state index contributed by atoms with van der Waals surface area (Å²) < 4.78 is 21.8. The molecule has 3 aromatic rings. The fourth-order valence-electron chi connectivity index (χ4n) is 3.85. The van der Waals surface area contributed by atoms with Crippen LogP contribution in [0.1, 0.15) is 34.3 Å². The van der Waals surface area contributed by atoms with Crippen LogP contribution in [0.2, 0.25) is 0 Å². The van der Waals surface area contributed by atoms with E-state index in [0.717, 1.165) is 16.9 Å². The Morgan fingerprint density at radius 2 is 1.67 bits per heavy atom. The molecule has 33 heavy (non-hydrogen) atoms. The largest absolute Gasteiger partial charge is 0.489 e. The van der Waals surface area contributed by atoms with E-state index < -0.39 is 24.0 Å². The van der Waals surface area contributed by atoms with Gasteiger partial charge in [0.15, 0.2) is 0 Å². The van der Waals surface area contributed by atoms with Crippen LogP contribution < -0.4 is 9.47 Å². The molecule has 0 radical (unpaired) electrons. The van der Waals surface area contributed by atoms with E-state index in [4.69, 9.17) is 14.2 Å². The first-order valence-electron chi connectivity index (χ1n) is 10.5. The molecule has 0 spiro atoms. The van der Waals surface area contributed by atoms with E-state index in [1.807, 2.05) is 66.7 Å². The normalized spacial score (nSPS) is 16.7. The zero-order valence-electron chi connectivity index (χ0n) is 18.4. The summed E-state index contributed by atoms with van der Waals surface area (Å²) in [5, 5.41) is 0. The molecular weight excluding hydrogens is 420 g/mol. The molecule has 0 aromatic heterocycles. The molecule has 4 rings (SSSR count). The molecule has 0 N–H and O–H groups in total. The zero-order valence-corrected chi connectivity index (χ0v) is 18.4. The number of methoxy groups -OCH3 is 2. The van der Waals surface area contributed by atoms with Gasteiger partial charge in [-0.1, -0.05) is 54.6 Å². The molecule has 0 unspecified atom stereocenters. The Kier molecular flexibility index (Phi) is 6.74. The minimum Gasteiger partial charge on any atom is -0.489 e. The predicted molar refractivity (Wildman–Crippen MR) is 123 cm³/mol. The molecule has 1 aliphatic heterocycles. The Morgan fingerprint density at radius 3 is 2.36 bits per heavy atom. The lowest BCUT2D eigenvalue weighted by Gasteiger charge is -2.18. The number of ether oxygens (including phenoxy) is 4. The lowest BCUT2D eigenvalue weighted by Crippen LogP contribution is -2.20. The Bertz CT molecular complexity index is 1150. The van der Waals surface area contributed by atoms with E-state index in [0.29, 0.717) is 23.5 Å². The standard InChI is InChI=1S/C27H24O6/c1-30-23(28)16-13-19-9-6-10-22-24(19)25(27(29)31-2)26(33-22)20-11-14-21(15-12-20)32-17-18-7-4-3-5-8-18/h3-16,25-26H,17H2,1-2H3/t25-,26+/m0/s1. The SMILES string of the molecule is COC(=O)C=Cc1cccc2c1[C@H](C(=O)OC)[C@@H](c1ccc(OCc3ccccc3)cc1)O2. The van der Waals surface area contributed by atoms with Crippen LogP contribution in [0.15, 0.2) is 78.9 Å². The minimum atomic E-state index is -0.681. The third-order valence-corrected chi connectivity index (χ3v) is 5.48. The first-order chi connectivity index (χ1) is 16.1. The Morgan fingerprint density at radius 1 is 0.909 bits per heavy atom. The van der Waals surface area contributed by atoms with Crippen molar-refractivity contribution in [1.29, 1.82) is 0 Å². The second-order valence-corrected chi connectivity index (χ2v) is 7.50. The van der Waals surface area contributed by atoms with Gasteiger partial charge in [0.05, 0.1) is 14.2 Å². The summed E-state index contributed by atoms with van der Waals surface area (Å²) in [5.41, 5.74) is 3.27. The van der Waals surface area contributed by atoms with E-state index in [9.17, 15) is 9.59 Å². The first-order valence-corrected chi connectivity index (χ1v) is 10.5. The average Bonchev–Trinajstić information content (AvgIpc) is 3.26. The van der Waals surface area contributed by atoms with Crippen molar-refractivity contribution in [2.24, 2.45) is 0 Å². The summed E-state index contributed by atoms with van der Waals surface area (Å²) in [5.74, 6) is -0.285. The molecule has 0 saturated heterocycles. The van der Waals surface area contributed by atoms with Gasteiger partial charge in [-0.25, -0.2) is 4.79 Å². The third-order valence-electron chi connectivity index (χ3n) is 5.48. The van der Waals surface area contributed by atoms with Gasteiger partial charge in [-0.15, -0.1) is 0 Å². The number of hydrogen-bond donors (Lipinski definition) is 0. The van der Waals surface area contributed by atoms with Crippen LogP contribution in [0.25, 0.3) is 6.08 Å². The number of benzene rings is 3. The lowest BCUT2D eigenvalue weighted by atomic mass is 9.88. The fourth-order valence-corrected chi connectivity index (χ4v) is 3.85. The smallest absolute Gasteiger partial charge is 0.330 e. The van der Waals surface area contributed by atoms with Gasteiger partial charge in [0.1, 0.15) is 30.1 Å². The highest BCUT2D eigenvalue weighted by molar-refractivity contribution is 5.89. The van der Waals surface area contributed by atoms with E-state index in [1.54, 1.807) is 12.1 Å². The number of hydrogen-bond acceptors (Lipinski definition) is 6. The van der Waals surface area contributed by atoms with E-state index in [2.05, 4.69) is 4.74 Å². The van der Waals surface area contributed by atoms with Gasteiger partial charge >= 0.3 is 11.9 Å². The minimum absolute atomic E-state index is 0.415. The highest BCUT2D eigenvalue weighted by Gasteiger charge is 2.42. The molecular formula is C27H24O6. The summed E-state index contributed by atoms with van der Waals surface area (Å²) in [6, 6.07) is 22.8. The van der Waals surface area contributed by atoms with Crippen molar-refractivity contribution >= 4 is 18.0 Å². The van der Waals surface area contributed by atoms with Crippen molar-refractivity contribution in [3.05, 3.63) is 101 Å². The van der Waals surface area contributed by atoms with Crippen LogP contribution in [-0.2, 0) is 25.7 Å². The number of carbonyl (C=O) groups excluding carboxylic acids is 2. The Labute approximate surface area is 192 Å². The molecule has 0 amide bonds. The Balaban J connectivity index is 1.58. The van der Waals surface area contributed by atoms with Gasteiger partial charge in [-0.3, -0.25) is 4.79 Å². The molecule has 0 bridgehead atoms. The van der Waals surface area contributed by atoms with Crippen molar-refractivity contribution in [3.8, 4) is 11.5 Å². The molecule has 0 saturated carbocycles. The molecule has 1 aliphatic rings. The van der Waals surface area contributed by atoms with Gasteiger partial charge in [-0.05, 0) is 41.0 Å². The van der Waals surface area contributed by atoms with Gasteiger partial charge in [-0.2, -0.15) is 0 Å². The van der Waals surface area contributed by atoms with E-state index in [1.165, 1.54) is 20.3 Å². The van der Waals surface area contributed by atoms with Crippen LogP contribution in [0.5, 0.6) is 11.5 Å². The summed E-state index contributed by atoms with van der Waals surface area (Å²) in [6.45, 7) is 0.465. The average molecular weight is 444 g/mol. The summed E-state index contributed by atoms with van der Waals surface area (Å²) >= 11 is 0. The molecule has 3 aromatic carbocycles. The van der Waals surface area contributed by atoms with Crippen molar-refractivity contribution in [2.75, 3.05) is 14.2 Å². The molecule has 0 fully saturated rings. The maximum absolute atomic E-state index is 12.8. The van der Waals surface area contributed by atoms with E-state index in [-0.39, 0.29) is 0 Å². The van der Waals surface area contributed by atoms with Gasteiger partial charge in [0, 0.05) is 11.6 Å². The maximum atomic E-state index is 12.8. The number of esters is 2. The van der Waals surface area contributed by atoms with Crippen LogP contribution in [0.3, 0.4) is 0 Å². The van der Waals surface area contributed by atoms with Gasteiger partial charge < -0.3 is 18.9 Å². The highest BCUT2D eigenvalue weighted by Crippen LogP contribution is 2.48. The molecule has 168 valence electrons. The molecule has 2 atom stereocenters. The van der Waals surface area contributed by atoms with Crippen molar-refractivity contribution in [3.63, 3.8) is 0 Å². The third kappa shape index (κ3) is 4.90. The van der Waals surface area contributed by atoms with Gasteiger partial charge in [0.25, 0.3) is 0 Å². The van der Waals surface area contributed by atoms with Crippen molar-refractivity contribution in [1.82, 2.24) is 0 Å². The fraction of sp³-hybridized carbons (Fsp3) is 0.185. The number of carbonyl (C=O) groups is 2. The van der Waals surface area contributed by atoms with Crippen molar-refractivity contribution in [2.45, 2.75) is 18.6 Å². The predicted octanol–water partition coefficient (Wildman–Crippen LogP) is 4.84. The van der Waals surface area contributed by atoms with Crippen molar-refractivity contribution < 1.29 is 28.5 Å². The maximum Gasteiger partial charge on any atom is 0.330 e.